The molecular weight excluding hydrogens is 619 g/mol. The van der Waals surface area contributed by atoms with Gasteiger partial charge in [0.1, 0.15) is 6.61 Å². The van der Waals surface area contributed by atoms with E-state index in [1.807, 2.05) is 6.08 Å². The van der Waals surface area contributed by atoms with Crippen LogP contribution in [0.1, 0.15) is 155 Å². The lowest BCUT2D eigenvalue weighted by Gasteiger charge is -2.18. The molecule has 47 heavy (non-hydrogen) atoms. The molecule has 1 fully saturated rings. The summed E-state index contributed by atoms with van der Waals surface area (Å²) < 4.78 is 31.9. The van der Waals surface area contributed by atoms with Crippen LogP contribution in [0, 0.1) is 0 Å². The third-order valence-corrected chi connectivity index (χ3v) is 8.55. The van der Waals surface area contributed by atoms with E-state index in [1.165, 1.54) is 64.2 Å². The van der Waals surface area contributed by atoms with Gasteiger partial charge < -0.3 is 24.0 Å². The van der Waals surface area contributed by atoms with Gasteiger partial charge in [0.25, 0.3) is 0 Å². The van der Waals surface area contributed by atoms with Crippen LogP contribution in [-0.2, 0) is 32.9 Å². The summed E-state index contributed by atoms with van der Waals surface area (Å²) in [6, 6.07) is 0. The maximum absolute atomic E-state index is 12.3. The lowest BCUT2D eigenvalue weighted by Crippen LogP contribution is -2.29. The third-order valence-electron chi connectivity index (χ3n) is 8.06. The highest BCUT2D eigenvalue weighted by atomic mass is 31.2. The van der Waals surface area contributed by atoms with Crippen molar-refractivity contribution >= 4 is 19.8 Å². The largest absolute Gasteiger partial charge is 0.469 e. The second-order valence-corrected chi connectivity index (χ2v) is 13.8. The monoisotopic (exact) mass is 684 g/mol. The summed E-state index contributed by atoms with van der Waals surface area (Å²) in [5, 5.41) is 0. The fourth-order valence-corrected chi connectivity index (χ4v) is 5.53. The third kappa shape index (κ3) is 28.9. The molecule has 9 nitrogen and oxygen atoms in total. The number of carbonyl (C=O) groups excluding carboxylic acids is 2. The van der Waals surface area contributed by atoms with Crippen LogP contribution in [0.3, 0.4) is 0 Å². The van der Waals surface area contributed by atoms with Gasteiger partial charge in [-0.2, -0.15) is 0 Å². The van der Waals surface area contributed by atoms with Gasteiger partial charge in [-0.25, -0.2) is 4.57 Å². The molecule has 0 radical (unpaired) electrons. The van der Waals surface area contributed by atoms with E-state index in [0.717, 1.165) is 51.4 Å². The summed E-state index contributed by atoms with van der Waals surface area (Å²) in [7, 11) is -4.76. The first-order valence-electron chi connectivity index (χ1n) is 18.4. The number of epoxide rings is 1. The lowest BCUT2D eigenvalue weighted by molar-refractivity contribution is -0.161. The average molecular weight is 685 g/mol. The van der Waals surface area contributed by atoms with Crippen LogP contribution in [0.4, 0.5) is 0 Å². The lowest BCUT2D eigenvalue weighted by atomic mass is 10.1. The topological polar surface area (TPSA) is 132 Å². The van der Waals surface area contributed by atoms with Gasteiger partial charge in [-0.05, 0) is 51.4 Å². The molecule has 1 aliphatic rings. The molecule has 0 bridgehead atoms. The van der Waals surface area contributed by atoms with Crippen molar-refractivity contribution in [2.45, 2.75) is 173 Å². The van der Waals surface area contributed by atoms with Crippen molar-refractivity contribution in [2.75, 3.05) is 13.2 Å². The van der Waals surface area contributed by atoms with Gasteiger partial charge in [0, 0.05) is 12.8 Å². The van der Waals surface area contributed by atoms with Crippen LogP contribution in [0.2, 0.25) is 0 Å². The summed E-state index contributed by atoms with van der Waals surface area (Å²) in [6.07, 6.45) is 34.7. The van der Waals surface area contributed by atoms with Crippen molar-refractivity contribution in [2.24, 2.45) is 0 Å². The molecule has 1 rings (SSSR count). The molecule has 3 atom stereocenters. The highest BCUT2D eigenvalue weighted by molar-refractivity contribution is 7.46. The Balaban J connectivity index is 2.14. The summed E-state index contributed by atoms with van der Waals surface area (Å²) in [5.41, 5.74) is 0. The van der Waals surface area contributed by atoms with E-state index in [0.29, 0.717) is 25.0 Å². The quantitative estimate of drug-likeness (QED) is 0.0234. The first-order chi connectivity index (χ1) is 22.7. The molecular formula is C37H65O9P. The molecule has 1 saturated heterocycles. The first-order valence-corrected chi connectivity index (χ1v) is 19.9. The van der Waals surface area contributed by atoms with Gasteiger partial charge in [-0.3, -0.25) is 14.1 Å². The number of hydrogen-bond donors (Lipinski definition) is 2. The Kier molecular flexibility index (Phi) is 26.8. The summed E-state index contributed by atoms with van der Waals surface area (Å²) in [5.74, 6) is -0.957. The molecule has 10 heteroatoms. The molecule has 0 saturated carbocycles. The Morgan fingerprint density at radius 2 is 1.17 bits per heavy atom. The molecule has 0 aliphatic carbocycles. The number of unbranched alkanes of at least 4 members (excludes halogenated alkanes) is 14. The van der Waals surface area contributed by atoms with Crippen molar-refractivity contribution in [1.29, 1.82) is 0 Å². The van der Waals surface area contributed by atoms with E-state index in [2.05, 4.69) is 48.8 Å². The Bertz CT molecular complexity index is 927. The van der Waals surface area contributed by atoms with Crippen LogP contribution in [0.25, 0.3) is 0 Å². The summed E-state index contributed by atoms with van der Waals surface area (Å²) in [6.45, 7) is 3.57. The Morgan fingerprint density at radius 3 is 1.81 bits per heavy atom. The fourth-order valence-electron chi connectivity index (χ4n) is 5.17. The minimum atomic E-state index is -4.76. The van der Waals surface area contributed by atoms with Crippen molar-refractivity contribution in [1.82, 2.24) is 0 Å². The molecule has 1 heterocycles. The Morgan fingerprint density at radius 1 is 0.660 bits per heavy atom. The Hall–Kier alpha value is -1.77. The van der Waals surface area contributed by atoms with Crippen LogP contribution < -0.4 is 0 Å². The molecule has 0 aromatic carbocycles. The number of hydrogen-bond acceptors (Lipinski definition) is 7. The molecule has 1 aliphatic heterocycles. The van der Waals surface area contributed by atoms with Gasteiger partial charge in [0.15, 0.2) is 6.10 Å². The van der Waals surface area contributed by atoms with Crippen LogP contribution >= 0.6 is 7.82 Å². The van der Waals surface area contributed by atoms with E-state index >= 15 is 0 Å². The molecule has 0 aromatic rings. The van der Waals surface area contributed by atoms with Crippen molar-refractivity contribution < 1.29 is 42.7 Å². The zero-order valence-corrected chi connectivity index (χ0v) is 30.3. The molecule has 272 valence electrons. The van der Waals surface area contributed by atoms with Gasteiger partial charge in [0.05, 0.1) is 18.8 Å². The second kappa shape index (κ2) is 29.2. The van der Waals surface area contributed by atoms with E-state index in [1.54, 1.807) is 0 Å². The number of carbonyl (C=O) groups is 2. The van der Waals surface area contributed by atoms with Crippen molar-refractivity contribution in [3.63, 3.8) is 0 Å². The fraction of sp³-hybridized carbons (Fsp3) is 0.784. The van der Waals surface area contributed by atoms with E-state index in [-0.39, 0.29) is 19.4 Å². The minimum absolute atomic E-state index is 0.187. The van der Waals surface area contributed by atoms with Crippen LogP contribution in [0.15, 0.2) is 36.5 Å². The van der Waals surface area contributed by atoms with E-state index < -0.39 is 32.5 Å². The van der Waals surface area contributed by atoms with Gasteiger partial charge >= 0.3 is 19.8 Å². The van der Waals surface area contributed by atoms with Crippen LogP contribution in [-0.4, -0.2) is 53.3 Å². The second-order valence-electron chi connectivity index (χ2n) is 12.6. The highest BCUT2D eigenvalue weighted by Gasteiger charge is 2.36. The number of allylic oxidation sites excluding steroid dienone is 4. The molecule has 0 spiro atoms. The smallest absolute Gasteiger partial charge is 0.462 e. The van der Waals surface area contributed by atoms with Gasteiger partial charge in [-0.15, -0.1) is 0 Å². The number of ether oxygens (including phenoxy) is 3. The zero-order valence-electron chi connectivity index (χ0n) is 29.4. The number of phosphoric ester groups is 1. The van der Waals surface area contributed by atoms with E-state index in [4.69, 9.17) is 24.0 Å². The molecule has 0 aromatic heterocycles. The van der Waals surface area contributed by atoms with Crippen LogP contribution in [0.5, 0.6) is 0 Å². The standard InChI is InChI=1S/C37H65O9P/c1-3-5-7-9-11-12-13-14-17-22-26-30-37(39)45-33(32-44-47(40,41)42)31-43-36(38)29-25-21-18-15-16-20-24-28-35-34(46-35)27-23-19-10-8-6-4-2/h15,18-20,23-24,33-35H,3-14,16-17,21-22,25-32H2,1-2H3,(H2,40,41,42)/b18-15-,23-19-,24-20-/t33-,34?,35?/m1/s1. The van der Waals surface area contributed by atoms with Gasteiger partial charge in [0.2, 0.25) is 0 Å². The maximum Gasteiger partial charge on any atom is 0.469 e. The average Bonchev–Trinajstić information content (AvgIpc) is 3.79. The van der Waals surface area contributed by atoms with Gasteiger partial charge in [-0.1, -0.05) is 127 Å². The normalized spacial score (nSPS) is 17.2. The van der Waals surface area contributed by atoms with Crippen molar-refractivity contribution in [3.05, 3.63) is 36.5 Å². The molecule has 2 unspecified atom stereocenters. The van der Waals surface area contributed by atoms with Crippen molar-refractivity contribution in [3.8, 4) is 0 Å². The summed E-state index contributed by atoms with van der Waals surface area (Å²) in [4.78, 5) is 42.6. The Labute approximate surface area is 285 Å². The molecule has 0 amide bonds. The van der Waals surface area contributed by atoms with E-state index in [9.17, 15) is 14.2 Å². The predicted molar refractivity (Wildman–Crippen MR) is 188 cm³/mol. The predicted octanol–water partition coefficient (Wildman–Crippen LogP) is 9.61. The minimum Gasteiger partial charge on any atom is -0.462 e. The maximum atomic E-state index is 12.3. The summed E-state index contributed by atoms with van der Waals surface area (Å²) >= 11 is 0. The number of esters is 2. The highest BCUT2D eigenvalue weighted by Crippen LogP contribution is 2.36. The zero-order chi connectivity index (χ0) is 34.4. The molecule has 2 N–H and O–H groups in total. The number of rotatable bonds is 32. The first kappa shape index (κ1) is 43.3. The number of phosphoric acid groups is 1. The SMILES string of the molecule is CCCCC/C=C\CC1OC1C/C=C\C/C=C\CCCC(=O)OC[C@H](COP(=O)(O)O)OC(=O)CCCCCCCCCCCCC.